The van der Waals surface area contributed by atoms with Crippen molar-refractivity contribution in [3.8, 4) is 0 Å². The molecule has 4 N–H and O–H groups in total. The second-order valence-electron chi connectivity index (χ2n) is 3.89. The SMILES string of the molecule is Nc1ccc(Cc2cc(Cl)c(N)c(Cl)c2)cc1. The number of benzene rings is 2. The number of nitrogens with two attached hydrogens (primary N) is 2. The van der Waals surface area contributed by atoms with E-state index in [1.807, 2.05) is 36.4 Å². The average molecular weight is 267 g/mol. The van der Waals surface area contributed by atoms with Gasteiger partial charge in [0, 0.05) is 5.69 Å². The first-order valence-corrected chi connectivity index (χ1v) is 5.89. The summed E-state index contributed by atoms with van der Waals surface area (Å²) in [6.45, 7) is 0. The molecule has 0 radical (unpaired) electrons. The molecule has 0 saturated heterocycles. The van der Waals surface area contributed by atoms with Gasteiger partial charge in [0.15, 0.2) is 0 Å². The molecular formula is C13H12Cl2N2. The summed E-state index contributed by atoms with van der Waals surface area (Å²) in [5.41, 5.74) is 14.7. The van der Waals surface area contributed by atoms with E-state index in [1.54, 1.807) is 0 Å². The second-order valence-corrected chi connectivity index (χ2v) is 4.71. The van der Waals surface area contributed by atoms with E-state index in [0.29, 0.717) is 15.7 Å². The fraction of sp³-hybridized carbons (Fsp3) is 0.0769. The van der Waals surface area contributed by atoms with Gasteiger partial charge in [0.25, 0.3) is 0 Å². The predicted molar refractivity (Wildman–Crippen MR) is 74.5 cm³/mol. The first-order chi connectivity index (χ1) is 8.06. The molecule has 0 aliphatic carbocycles. The molecule has 0 amide bonds. The largest absolute Gasteiger partial charge is 0.399 e. The van der Waals surface area contributed by atoms with Gasteiger partial charge in [-0.1, -0.05) is 35.3 Å². The third-order valence-corrected chi connectivity index (χ3v) is 3.15. The highest BCUT2D eigenvalue weighted by Crippen LogP contribution is 2.29. The summed E-state index contributed by atoms with van der Waals surface area (Å²) >= 11 is 12.0. The van der Waals surface area contributed by atoms with E-state index in [-0.39, 0.29) is 0 Å². The van der Waals surface area contributed by atoms with E-state index in [9.17, 15) is 0 Å². The molecule has 2 aromatic rings. The van der Waals surface area contributed by atoms with Crippen LogP contribution in [0.5, 0.6) is 0 Å². The molecule has 0 aromatic heterocycles. The number of hydrogen-bond donors (Lipinski definition) is 2. The Morgan fingerprint density at radius 1 is 0.824 bits per heavy atom. The molecule has 0 aliphatic heterocycles. The Morgan fingerprint density at radius 2 is 1.35 bits per heavy atom. The summed E-state index contributed by atoms with van der Waals surface area (Å²) in [7, 11) is 0. The zero-order valence-corrected chi connectivity index (χ0v) is 10.6. The number of anilines is 2. The van der Waals surface area contributed by atoms with Crippen LogP contribution in [-0.4, -0.2) is 0 Å². The van der Waals surface area contributed by atoms with Crippen LogP contribution in [0.1, 0.15) is 11.1 Å². The summed E-state index contributed by atoms with van der Waals surface area (Å²) in [5, 5.41) is 0.978. The van der Waals surface area contributed by atoms with Crippen LogP contribution in [0.15, 0.2) is 36.4 Å². The summed E-state index contributed by atoms with van der Waals surface area (Å²) in [6, 6.07) is 11.4. The van der Waals surface area contributed by atoms with Crippen LogP contribution in [0.3, 0.4) is 0 Å². The van der Waals surface area contributed by atoms with E-state index in [1.165, 1.54) is 0 Å². The van der Waals surface area contributed by atoms with Crippen molar-refractivity contribution in [2.75, 3.05) is 11.5 Å². The van der Waals surface area contributed by atoms with Crippen molar-refractivity contribution >= 4 is 34.6 Å². The van der Waals surface area contributed by atoms with E-state index in [2.05, 4.69) is 0 Å². The maximum absolute atomic E-state index is 5.98. The molecule has 88 valence electrons. The smallest absolute Gasteiger partial charge is 0.0693 e. The number of hydrogen-bond acceptors (Lipinski definition) is 2. The third kappa shape index (κ3) is 2.84. The summed E-state index contributed by atoms with van der Waals surface area (Å²) in [5.74, 6) is 0. The molecule has 2 nitrogen and oxygen atoms in total. The molecule has 0 aliphatic rings. The van der Waals surface area contributed by atoms with Crippen molar-refractivity contribution in [1.29, 1.82) is 0 Å². The lowest BCUT2D eigenvalue weighted by molar-refractivity contribution is 1.19. The maximum Gasteiger partial charge on any atom is 0.0693 e. The van der Waals surface area contributed by atoms with Gasteiger partial charge in [-0.2, -0.15) is 0 Å². The van der Waals surface area contributed by atoms with Gasteiger partial charge in [0.05, 0.1) is 15.7 Å². The quantitative estimate of drug-likeness (QED) is 0.814. The highest BCUT2D eigenvalue weighted by Gasteiger charge is 2.05. The lowest BCUT2D eigenvalue weighted by Crippen LogP contribution is -1.93. The molecule has 0 unspecified atom stereocenters. The molecule has 4 heteroatoms. The van der Waals surface area contributed by atoms with Gasteiger partial charge in [-0.3, -0.25) is 0 Å². The molecule has 0 atom stereocenters. The number of rotatable bonds is 2. The topological polar surface area (TPSA) is 52.0 Å². The average Bonchev–Trinajstić information content (AvgIpc) is 2.29. The minimum atomic E-state index is 0.425. The number of nitrogen functional groups attached to an aromatic ring is 2. The third-order valence-electron chi connectivity index (χ3n) is 2.53. The van der Waals surface area contributed by atoms with Gasteiger partial charge in [-0.25, -0.2) is 0 Å². The highest BCUT2D eigenvalue weighted by atomic mass is 35.5. The Balaban J connectivity index is 2.27. The molecule has 0 fully saturated rings. The van der Waals surface area contributed by atoms with Crippen molar-refractivity contribution in [1.82, 2.24) is 0 Å². The number of halogens is 2. The summed E-state index contributed by atoms with van der Waals surface area (Å²) in [6.07, 6.45) is 0.750. The molecular weight excluding hydrogens is 255 g/mol. The molecule has 17 heavy (non-hydrogen) atoms. The van der Waals surface area contributed by atoms with E-state index < -0.39 is 0 Å². The van der Waals surface area contributed by atoms with Gasteiger partial charge in [0.1, 0.15) is 0 Å². The minimum absolute atomic E-state index is 0.425. The minimum Gasteiger partial charge on any atom is -0.399 e. The Kier molecular flexibility index (Phi) is 3.46. The van der Waals surface area contributed by atoms with Crippen LogP contribution in [0, 0.1) is 0 Å². The zero-order valence-electron chi connectivity index (χ0n) is 9.08. The first kappa shape index (κ1) is 12.1. The fourth-order valence-corrected chi connectivity index (χ4v) is 2.14. The van der Waals surface area contributed by atoms with Crippen molar-refractivity contribution in [2.24, 2.45) is 0 Å². The lowest BCUT2D eigenvalue weighted by atomic mass is 10.0. The van der Waals surface area contributed by atoms with Crippen LogP contribution in [0.4, 0.5) is 11.4 Å². The van der Waals surface area contributed by atoms with Crippen molar-refractivity contribution < 1.29 is 0 Å². The van der Waals surface area contributed by atoms with Crippen LogP contribution in [0.2, 0.25) is 10.0 Å². The fourth-order valence-electron chi connectivity index (χ4n) is 1.61. The van der Waals surface area contributed by atoms with E-state index in [0.717, 1.165) is 23.2 Å². The molecule has 2 rings (SSSR count). The second kappa shape index (κ2) is 4.86. The van der Waals surface area contributed by atoms with Gasteiger partial charge in [-0.15, -0.1) is 0 Å². The Labute approximate surface area is 110 Å². The van der Waals surface area contributed by atoms with Crippen LogP contribution in [0.25, 0.3) is 0 Å². The zero-order chi connectivity index (χ0) is 12.4. The standard InChI is InChI=1S/C13H12Cl2N2/c14-11-6-9(7-12(15)13(11)17)5-8-1-3-10(16)4-2-8/h1-4,6-7H,5,16-17H2. The molecule has 0 bridgehead atoms. The first-order valence-electron chi connectivity index (χ1n) is 5.14. The Bertz CT molecular complexity index is 513. The van der Waals surface area contributed by atoms with Gasteiger partial charge < -0.3 is 11.5 Å². The van der Waals surface area contributed by atoms with Gasteiger partial charge in [-0.05, 0) is 41.8 Å². The Morgan fingerprint density at radius 3 is 1.88 bits per heavy atom. The van der Waals surface area contributed by atoms with Crippen molar-refractivity contribution in [2.45, 2.75) is 6.42 Å². The van der Waals surface area contributed by atoms with Crippen molar-refractivity contribution in [3.63, 3.8) is 0 Å². The van der Waals surface area contributed by atoms with Gasteiger partial charge in [0.2, 0.25) is 0 Å². The molecule has 0 spiro atoms. The predicted octanol–water partition coefficient (Wildman–Crippen LogP) is 3.75. The van der Waals surface area contributed by atoms with Crippen molar-refractivity contribution in [3.05, 3.63) is 57.6 Å². The summed E-state index contributed by atoms with van der Waals surface area (Å²) in [4.78, 5) is 0. The molecule has 2 aromatic carbocycles. The van der Waals surface area contributed by atoms with E-state index >= 15 is 0 Å². The van der Waals surface area contributed by atoms with Gasteiger partial charge >= 0.3 is 0 Å². The molecule has 0 heterocycles. The monoisotopic (exact) mass is 266 g/mol. The van der Waals surface area contributed by atoms with Crippen LogP contribution < -0.4 is 11.5 Å². The maximum atomic E-state index is 5.98. The molecule has 0 saturated carbocycles. The van der Waals surface area contributed by atoms with E-state index in [4.69, 9.17) is 34.7 Å². The normalized spacial score (nSPS) is 10.5. The Hall–Kier alpha value is -1.38. The summed E-state index contributed by atoms with van der Waals surface area (Å²) < 4.78 is 0. The van der Waals surface area contributed by atoms with Crippen LogP contribution >= 0.6 is 23.2 Å². The lowest BCUT2D eigenvalue weighted by Gasteiger charge is -2.07. The van der Waals surface area contributed by atoms with Crippen LogP contribution in [-0.2, 0) is 6.42 Å². The highest BCUT2D eigenvalue weighted by molar-refractivity contribution is 6.38.